The molecular formula is C19H46N2O2. The summed E-state index contributed by atoms with van der Waals surface area (Å²) in [4.78, 5) is 20.6. The monoisotopic (exact) mass is 334 g/mol. The van der Waals surface area contributed by atoms with Crippen molar-refractivity contribution >= 4 is 12.2 Å². The van der Waals surface area contributed by atoms with Gasteiger partial charge in [-0.2, -0.15) is 0 Å². The van der Waals surface area contributed by atoms with Crippen LogP contribution in [0.15, 0.2) is 0 Å². The maximum absolute atomic E-state index is 10.4. The minimum Gasteiger partial charge on any atom is -0.370 e. The van der Waals surface area contributed by atoms with Gasteiger partial charge in [-0.25, -0.2) is 0 Å². The van der Waals surface area contributed by atoms with Gasteiger partial charge in [-0.3, -0.25) is 4.79 Å². The Morgan fingerprint density at radius 2 is 1.26 bits per heavy atom. The minimum absolute atomic E-state index is 0.0868. The second-order valence-corrected chi connectivity index (χ2v) is 4.78. The predicted molar refractivity (Wildman–Crippen MR) is 106 cm³/mol. The van der Waals surface area contributed by atoms with Crippen molar-refractivity contribution in [3.63, 3.8) is 0 Å². The van der Waals surface area contributed by atoms with Crippen LogP contribution in [0.5, 0.6) is 0 Å². The lowest BCUT2D eigenvalue weighted by Gasteiger charge is -2.08. The number of unbranched alkanes of at least 4 members (excludes halogenated alkanes) is 1. The summed E-state index contributed by atoms with van der Waals surface area (Å²) in [5.41, 5.74) is 4.90. The van der Waals surface area contributed by atoms with E-state index in [0.717, 1.165) is 13.0 Å². The molecule has 1 amide bonds. The highest BCUT2D eigenvalue weighted by atomic mass is 16.1. The summed E-state index contributed by atoms with van der Waals surface area (Å²) in [7, 11) is 0. The van der Waals surface area contributed by atoms with Gasteiger partial charge in [0.15, 0.2) is 0 Å². The number of nitrogens with one attached hydrogen (secondary N) is 1. The van der Waals surface area contributed by atoms with E-state index in [4.69, 9.17) is 5.73 Å². The topological polar surface area (TPSA) is 72.2 Å². The van der Waals surface area contributed by atoms with Crippen LogP contribution in [0.2, 0.25) is 0 Å². The SMILES string of the molecule is CC.CCC.CCC.CCCC.CCCN[C@H](C=O)CC(N)=O. The Morgan fingerprint density at radius 3 is 1.43 bits per heavy atom. The molecule has 0 heterocycles. The molecule has 1 atom stereocenters. The molecule has 4 heteroatoms. The van der Waals surface area contributed by atoms with E-state index in [0.29, 0.717) is 6.29 Å². The summed E-state index contributed by atoms with van der Waals surface area (Å²) in [6.45, 7) is 19.6. The van der Waals surface area contributed by atoms with Crippen LogP contribution >= 0.6 is 0 Å². The highest BCUT2D eigenvalue weighted by Crippen LogP contribution is 1.86. The number of nitrogens with two attached hydrogens (primary N) is 1. The standard InChI is InChI=1S/C7H14N2O2.C4H10.2C3H8.C2H6/c1-2-3-9-6(5-10)4-7(8)11;1-3-4-2;2*1-3-2;1-2/h5-6,9H,2-4H2,1H3,(H2,8,11);3-4H2,1-2H3;2*3H2,1-2H3;1-2H3/t6-;;;;/m0..../s1. The van der Waals surface area contributed by atoms with Crippen molar-refractivity contribution in [2.24, 2.45) is 5.73 Å². The summed E-state index contributed by atoms with van der Waals surface area (Å²) in [5.74, 6) is -0.453. The average molecular weight is 335 g/mol. The molecule has 0 aromatic rings. The van der Waals surface area contributed by atoms with Crippen LogP contribution in [0.1, 0.15) is 101 Å². The molecule has 23 heavy (non-hydrogen) atoms. The molecule has 144 valence electrons. The third-order valence-electron chi connectivity index (χ3n) is 1.74. The van der Waals surface area contributed by atoms with Gasteiger partial charge in [0.1, 0.15) is 6.29 Å². The molecule has 0 saturated heterocycles. The van der Waals surface area contributed by atoms with Crippen molar-refractivity contribution in [1.82, 2.24) is 5.32 Å². The second kappa shape index (κ2) is 42.9. The van der Waals surface area contributed by atoms with Crippen LogP contribution in [0.3, 0.4) is 0 Å². The van der Waals surface area contributed by atoms with Crippen molar-refractivity contribution in [1.29, 1.82) is 0 Å². The van der Waals surface area contributed by atoms with Crippen LogP contribution in [-0.4, -0.2) is 24.8 Å². The van der Waals surface area contributed by atoms with Gasteiger partial charge in [0, 0.05) is 6.42 Å². The van der Waals surface area contributed by atoms with Crippen molar-refractivity contribution < 1.29 is 9.59 Å². The number of primary amides is 1. The Balaban J connectivity index is -0.0000000743. The van der Waals surface area contributed by atoms with Crippen LogP contribution in [0.4, 0.5) is 0 Å². The number of hydrogen-bond acceptors (Lipinski definition) is 3. The fourth-order valence-corrected chi connectivity index (χ4v) is 0.715. The first-order chi connectivity index (χ1) is 10.9. The first-order valence-corrected chi connectivity index (χ1v) is 9.42. The van der Waals surface area contributed by atoms with Crippen molar-refractivity contribution in [2.45, 2.75) is 107 Å². The molecule has 0 fully saturated rings. The molecule has 0 aliphatic carbocycles. The van der Waals surface area contributed by atoms with Crippen molar-refractivity contribution in [2.75, 3.05) is 6.54 Å². The molecule has 0 rings (SSSR count). The highest BCUT2D eigenvalue weighted by Gasteiger charge is 2.08. The van der Waals surface area contributed by atoms with E-state index in [2.05, 4.69) is 46.9 Å². The Bertz CT molecular complexity index is 182. The van der Waals surface area contributed by atoms with Gasteiger partial charge in [0.25, 0.3) is 0 Å². The fraction of sp³-hybridized carbons (Fsp3) is 0.895. The Hall–Kier alpha value is -0.900. The minimum atomic E-state index is -0.453. The zero-order valence-corrected chi connectivity index (χ0v) is 17.5. The molecule has 0 unspecified atom stereocenters. The summed E-state index contributed by atoms with van der Waals surface area (Å²) >= 11 is 0. The molecule has 0 bridgehead atoms. The molecule has 0 aromatic carbocycles. The number of carbonyl (C=O) groups is 2. The van der Waals surface area contributed by atoms with Gasteiger partial charge in [-0.1, -0.05) is 88.0 Å². The van der Waals surface area contributed by atoms with E-state index in [1.807, 2.05) is 20.8 Å². The number of rotatable bonds is 7. The Morgan fingerprint density at radius 1 is 0.913 bits per heavy atom. The van der Waals surface area contributed by atoms with Crippen LogP contribution in [0.25, 0.3) is 0 Å². The van der Waals surface area contributed by atoms with Gasteiger partial charge in [0.05, 0.1) is 6.04 Å². The van der Waals surface area contributed by atoms with E-state index >= 15 is 0 Å². The van der Waals surface area contributed by atoms with Gasteiger partial charge in [-0.15, -0.1) is 0 Å². The van der Waals surface area contributed by atoms with Crippen LogP contribution in [0, 0.1) is 0 Å². The van der Waals surface area contributed by atoms with E-state index in [1.165, 1.54) is 25.7 Å². The molecule has 0 saturated carbocycles. The molecule has 0 aliphatic heterocycles. The largest absolute Gasteiger partial charge is 0.370 e. The molecule has 3 N–H and O–H groups in total. The molecule has 0 aromatic heterocycles. The van der Waals surface area contributed by atoms with E-state index in [1.54, 1.807) is 0 Å². The molecular weight excluding hydrogens is 288 g/mol. The lowest BCUT2D eigenvalue weighted by Crippen LogP contribution is -2.35. The number of carbonyl (C=O) groups excluding carboxylic acids is 2. The average Bonchev–Trinajstić information content (AvgIpc) is 2.54. The lowest BCUT2D eigenvalue weighted by molar-refractivity contribution is -0.120. The zero-order valence-electron chi connectivity index (χ0n) is 17.5. The smallest absolute Gasteiger partial charge is 0.219 e. The number of amides is 1. The van der Waals surface area contributed by atoms with Crippen molar-refractivity contribution in [3.8, 4) is 0 Å². The lowest BCUT2D eigenvalue weighted by atomic mass is 10.2. The number of aldehydes is 1. The van der Waals surface area contributed by atoms with Gasteiger partial charge < -0.3 is 15.8 Å². The maximum Gasteiger partial charge on any atom is 0.219 e. The van der Waals surface area contributed by atoms with Crippen LogP contribution in [-0.2, 0) is 9.59 Å². The summed E-state index contributed by atoms with van der Waals surface area (Å²) < 4.78 is 0. The molecule has 0 radical (unpaired) electrons. The van der Waals surface area contributed by atoms with Gasteiger partial charge >= 0.3 is 0 Å². The number of hydrogen-bond donors (Lipinski definition) is 2. The van der Waals surface area contributed by atoms with E-state index in [-0.39, 0.29) is 6.42 Å². The molecule has 0 spiro atoms. The summed E-state index contributed by atoms with van der Waals surface area (Å²) in [6, 6.07) is -0.410. The first-order valence-electron chi connectivity index (χ1n) is 9.42. The third-order valence-corrected chi connectivity index (χ3v) is 1.74. The predicted octanol–water partition coefficient (Wildman–Crippen LogP) is 5.09. The second-order valence-electron chi connectivity index (χ2n) is 4.78. The molecule has 0 aliphatic rings. The van der Waals surface area contributed by atoms with Gasteiger partial charge in [0.2, 0.25) is 5.91 Å². The summed E-state index contributed by atoms with van der Waals surface area (Å²) in [6.07, 6.45) is 6.87. The fourth-order valence-electron chi connectivity index (χ4n) is 0.715. The first kappa shape index (κ1) is 33.6. The highest BCUT2D eigenvalue weighted by molar-refractivity contribution is 5.78. The van der Waals surface area contributed by atoms with Crippen molar-refractivity contribution in [3.05, 3.63) is 0 Å². The third kappa shape index (κ3) is 75.5. The molecule has 4 nitrogen and oxygen atoms in total. The van der Waals surface area contributed by atoms with Crippen LogP contribution < -0.4 is 11.1 Å². The van der Waals surface area contributed by atoms with E-state index in [9.17, 15) is 9.59 Å². The quantitative estimate of drug-likeness (QED) is 0.637. The summed E-state index contributed by atoms with van der Waals surface area (Å²) in [5, 5.41) is 2.88. The Kier molecular flexibility index (Phi) is 62.7. The normalized spacial score (nSPS) is 9.09. The maximum atomic E-state index is 10.4. The Labute approximate surface area is 147 Å². The zero-order chi connectivity index (χ0) is 19.5. The van der Waals surface area contributed by atoms with Gasteiger partial charge in [-0.05, 0) is 13.0 Å². The van der Waals surface area contributed by atoms with E-state index < -0.39 is 11.9 Å².